The predicted octanol–water partition coefficient (Wildman–Crippen LogP) is 1.56. The van der Waals surface area contributed by atoms with Crippen LogP contribution < -0.4 is 4.31 Å². The number of amides is 1. The van der Waals surface area contributed by atoms with Crippen molar-refractivity contribution in [2.45, 2.75) is 4.90 Å². The van der Waals surface area contributed by atoms with E-state index in [0.717, 1.165) is 4.31 Å². The van der Waals surface area contributed by atoms with Gasteiger partial charge in [-0.2, -0.15) is 0 Å². The Balaban J connectivity index is 2.01. The zero-order chi connectivity index (χ0) is 21.0. The zero-order valence-electron chi connectivity index (χ0n) is 16.0. The minimum Gasteiger partial charge on any atom is -0.339 e. The van der Waals surface area contributed by atoms with Crippen molar-refractivity contribution < 1.29 is 18.1 Å². The minimum atomic E-state index is -4.18. The first kappa shape index (κ1) is 20.7. The summed E-state index contributed by atoms with van der Waals surface area (Å²) in [5.74, 6) is -0.393. The van der Waals surface area contributed by atoms with Crippen LogP contribution in [-0.2, 0) is 14.8 Å². The summed E-state index contributed by atoms with van der Waals surface area (Å²) in [7, 11) is -2.24. The first-order valence-corrected chi connectivity index (χ1v) is 10.5. The van der Waals surface area contributed by atoms with Crippen molar-refractivity contribution in [3.05, 3.63) is 64.7 Å². The maximum atomic E-state index is 13.3. The van der Waals surface area contributed by atoms with Gasteiger partial charge in [0, 0.05) is 32.2 Å². The van der Waals surface area contributed by atoms with Gasteiger partial charge in [0.15, 0.2) is 0 Å². The van der Waals surface area contributed by atoms with Crippen LogP contribution in [-0.4, -0.2) is 68.8 Å². The van der Waals surface area contributed by atoms with Crippen molar-refractivity contribution in [2.24, 2.45) is 0 Å². The van der Waals surface area contributed by atoms with Gasteiger partial charge in [-0.05, 0) is 25.2 Å². The molecule has 1 amide bonds. The topological polar surface area (TPSA) is 104 Å². The second kappa shape index (κ2) is 8.58. The quantitative estimate of drug-likeness (QED) is 0.521. The first-order valence-electron chi connectivity index (χ1n) is 9.08. The molecule has 9 nitrogen and oxygen atoms in total. The molecule has 0 aliphatic carbocycles. The van der Waals surface area contributed by atoms with Crippen molar-refractivity contribution in [1.82, 2.24) is 9.80 Å². The van der Waals surface area contributed by atoms with E-state index < -0.39 is 27.4 Å². The summed E-state index contributed by atoms with van der Waals surface area (Å²) in [6.45, 7) is 1.81. The Bertz CT molecular complexity index is 989. The minimum absolute atomic E-state index is 0.0377. The number of hydrogen-bond donors (Lipinski definition) is 0. The summed E-state index contributed by atoms with van der Waals surface area (Å²) < 4.78 is 27.4. The number of benzene rings is 2. The van der Waals surface area contributed by atoms with E-state index in [9.17, 15) is 23.3 Å². The Hall–Kier alpha value is -2.98. The number of sulfonamides is 1. The molecular weight excluding hydrogens is 396 g/mol. The maximum absolute atomic E-state index is 13.3. The summed E-state index contributed by atoms with van der Waals surface area (Å²) >= 11 is 0. The molecule has 1 fully saturated rings. The van der Waals surface area contributed by atoms with Crippen LogP contribution in [0.5, 0.6) is 0 Å². The molecule has 0 unspecified atom stereocenters. The van der Waals surface area contributed by atoms with Crippen LogP contribution in [0.1, 0.15) is 0 Å². The van der Waals surface area contributed by atoms with Gasteiger partial charge >= 0.3 is 0 Å². The van der Waals surface area contributed by atoms with Crippen LogP contribution in [0.25, 0.3) is 0 Å². The van der Waals surface area contributed by atoms with E-state index in [-0.39, 0.29) is 16.3 Å². The van der Waals surface area contributed by atoms with Gasteiger partial charge in [-0.25, -0.2) is 12.7 Å². The molecule has 3 rings (SSSR count). The molecule has 1 heterocycles. The van der Waals surface area contributed by atoms with Gasteiger partial charge < -0.3 is 9.80 Å². The highest BCUT2D eigenvalue weighted by Crippen LogP contribution is 2.32. The molecule has 0 atom stereocenters. The van der Waals surface area contributed by atoms with E-state index in [4.69, 9.17) is 0 Å². The number of nitro benzene ring substituents is 1. The molecule has 1 aliphatic rings. The van der Waals surface area contributed by atoms with Crippen LogP contribution >= 0.6 is 0 Å². The van der Waals surface area contributed by atoms with Crippen LogP contribution in [0, 0.1) is 10.1 Å². The average Bonchev–Trinajstić information content (AvgIpc) is 2.73. The van der Waals surface area contributed by atoms with Crippen molar-refractivity contribution in [2.75, 3.05) is 44.1 Å². The van der Waals surface area contributed by atoms with Gasteiger partial charge in [0.1, 0.15) is 12.2 Å². The number of likely N-dealkylation sites (N-methyl/N-ethyl adjacent to an activating group) is 1. The standard InChI is InChI=1S/C19H22N4O5S/c1-20-11-13-21(14-12-20)19(24)15-22(17-9-5-6-10-18(17)23(25)26)29(27,28)16-7-3-2-4-8-16/h2-10H,11-15H2,1H3. The monoisotopic (exact) mass is 418 g/mol. The number of anilines is 1. The smallest absolute Gasteiger partial charge is 0.293 e. The molecule has 0 N–H and O–H groups in total. The van der Waals surface area contributed by atoms with Gasteiger partial charge in [0.25, 0.3) is 15.7 Å². The highest BCUT2D eigenvalue weighted by atomic mass is 32.2. The number of carbonyl (C=O) groups is 1. The van der Waals surface area contributed by atoms with E-state index in [1.165, 1.54) is 36.4 Å². The Morgan fingerprint density at radius 3 is 2.24 bits per heavy atom. The molecule has 154 valence electrons. The van der Waals surface area contributed by atoms with Gasteiger partial charge in [-0.1, -0.05) is 30.3 Å². The number of nitro groups is 1. The summed E-state index contributed by atoms with van der Waals surface area (Å²) in [6, 6.07) is 13.1. The number of nitrogens with zero attached hydrogens (tertiary/aromatic N) is 4. The lowest BCUT2D eigenvalue weighted by Gasteiger charge is -2.34. The number of para-hydroxylation sites is 2. The lowest BCUT2D eigenvalue weighted by molar-refractivity contribution is -0.384. The Kier molecular flexibility index (Phi) is 6.14. The fourth-order valence-electron chi connectivity index (χ4n) is 3.13. The summed E-state index contributed by atoms with van der Waals surface area (Å²) in [6.07, 6.45) is 0. The normalized spacial score (nSPS) is 15.1. The predicted molar refractivity (Wildman–Crippen MR) is 108 cm³/mol. The molecule has 0 bridgehead atoms. The summed E-state index contributed by atoms with van der Waals surface area (Å²) in [4.78, 5) is 27.3. The lowest BCUT2D eigenvalue weighted by atomic mass is 10.2. The van der Waals surface area contributed by atoms with E-state index in [1.54, 1.807) is 23.1 Å². The van der Waals surface area contributed by atoms with E-state index in [1.807, 2.05) is 7.05 Å². The average molecular weight is 418 g/mol. The Morgan fingerprint density at radius 1 is 1.03 bits per heavy atom. The van der Waals surface area contributed by atoms with Crippen molar-refractivity contribution in [3.63, 3.8) is 0 Å². The second-order valence-corrected chi connectivity index (χ2v) is 8.62. The number of carbonyl (C=O) groups excluding carboxylic acids is 1. The van der Waals surface area contributed by atoms with Crippen molar-refractivity contribution >= 4 is 27.3 Å². The first-order chi connectivity index (χ1) is 13.8. The maximum Gasteiger partial charge on any atom is 0.293 e. The Morgan fingerprint density at radius 2 is 1.62 bits per heavy atom. The van der Waals surface area contributed by atoms with Crippen molar-refractivity contribution in [3.8, 4) is 0 Å². The molecule has 1 saturated heterocycles. The van der Waals surface area contributed by atoms with Crippen LogP contribution in [0.3, 0.4) is 0 Å². The van der Waals surface area contributed by atoms with E-state index in [2.05, 4.69) is 4.90 Å². The number of hydrogen-bond acceptors (Lipinski definition) is 6. The number of piperazine rings is 1. The molecule has 0 aromatic heterocycles. The zero-order valence-corrected chi connectivity index (χ0v) is 16.8. The SMILES string of the molecule is CN1CCN(C(=O)CN(c2ccccc2[N+](=O)[O-])S(=O)(=O)c2ccccc2)CC1. The second-order valence-electron chi connectivity index (χ2n) is 6.75. The Labute approximate surface area is 169 Å². The molecular formula is C19H22N4O5S. The molecule has 0 spiro atoms. The highest BCUT2D eigenvalue weighted by molar-refractivity contribution is 7.92. The van der Waals surface area contributed by atoms with Gasteiger partial charge in [0.2, 0.25) is 5.91 Å². The van der Waals surface area contributed by atoms with Crippen LogP contribution in [0.2, 0.25) is 0 Å². The van der Waals surface area contributed by atoms with Crippen molar-refractivity contribution in [1.29, 1.82) is 0 Å². The third-order valence-corrected chi connectivity index (χ3v) is 6.59. The summed E-state index contributed by atoms with van der Waals surface area (Å²) in [5.41, 5.74) is -0.512. The van der Waals surface area contributed by atoms with E-state index in [0.29, 0.717) is 26.2 Å². The fourth-order valence-corrected chi connectivity index (χ4v) is 4.58. The van der Waals surface area contributed by atoms with Gasteiger partial charge in [-0.15, -0.1) is 0 Å². The highest BCUT2D eigenvalue weighted by Gasteiger charge is 2.33. The summed E-state index contributed by atoms with van der Waals surface area (Å²) in [5, 5.41) is 11.5. The number of rotatable bonds is 6. The molecule has 0 saturated carbocycles. The third-order valence-electron chi connectivity index (χ3n) is 4.81. The van der Waals surface area contributed by atoms with Crippen LogP contribution in [0.15, 0.2) is 59.5 Å². The lowest BCUT2D eigenvalue weighted by Crippen LogP contribution is -2.51. The molecule has 29 heavy (non-hydrogen) atoms. The van der Waals surface area contributed by atoms with Gasteiger partial charge in [0.05, 0.1) is 9.82 Å². The van der Waals surface area contributed by atoms with E-state index >= 15 is 0 Å². The fraction of sp³-hybridized carbons (Fsp3) is 0.316. The molecule has 2 aromatic rings. The van der Waals surface area contributed by atoms with Gasteiger partial charge in [-0.3, -0.25) is 14.9 Å². The largest absolute Gasteiger partial charge is 0.339 e. The van der Waals surface area contributed by atoms with Crippen LogP contribution in [0.4, 0.5) is 11.4 Å². The molecule has 2 aromatic carbocycles. The molecule has 1 aliphatic heterocycles. The molecule has 0 radical (unpaired) electrons. The third kappa shape index (κ3) is 4.54. The molecule has 10 heteroatoms.